The summed E-state index contributed by atoms with van der Waals surface area (Å²) < 4.78 is 27.3. The van der Waals surface area contributed by atoms with Crippen molar-refractivity contribution >= 4 is 27.3 Å². The largest absolute Gasteiger partial charge is 0.339 e. The summed E-state index contributed by atoms with van der Waals surface area (Å²) in [4.78, 5) is 15.5. The van der Waals surface area contributed by atoms with Crippen LogP contribution in [0.25, 0.3) is 0 Å². The van der Waals surface area contributed by atoms with Crippen LogP contribution in [0, 0.1) is 0 Å². The van der Waals surface area contributed by atoms with Crippen LogP contribution in [0.4, 0.5) is 0 Å². The third kappa shape index (κ3) is 4.50. The van der Waals surface area contributed by atoms with E-state index >= 15 is 0 Å². The second kappa shape index (κ2) is 8.30. The number of nitrogens with one attached hydrogen (secondary N) is 2. The maximum atomic E-state index is 12.6. The van der Waals surface area contributed by atoms with E-state index in [1.807, 2.05) is 24.6 Å². The number of sulfonamides is 1. The lowest BCUT2D eigenvalue weighted by Crippen LogP contribution is -2.43. The third-order valence-corrected chi connectivity index (χ3v) is 6.90. The summed E-state index contributed by atoms with van der Waals surface area (Å²) in [5, 5.41) is 5.19. The first kappa shape index (κ1) is 19.0. The first-order chi connectivity index (χ1) is 12.5. The first-order valence-corrected chi connectivity index (χ1v) is 10.9. The highest BCUT2D eigenvalue weighted by Gasteiger charge is 2.23. The molecule has 140 valence electrons. The molecule has 1 amide bonds. The van der Waals surface area contributed by atoms with Crippen molar-refractivity contribution in [2.24, 2.45) is 0 Å². The Morgan fingerprint density at radius 1 is 1.23 bits per heavy atom. The Morgan fingerprint density at radius 3 is 2.54 bits per heavy atom. The van der Waals surface area contributed by atoms with E-state index in [1.54, 1.807) is 17.0 Å². The molecule has 0 bridgehead atoms. The highest BCUT2D eigenvalue weighted by atomic mass is 32.2. The van der Waals surface area contributed by atoms with Crippen LogP contribution >= 0.6 is 11.3 Å². The van der Waals surface area contributed by atoms with Gasteiger partial charge in [0.15, 0.2) is 0 Å². The topological polar surface area (TPSA) is 78.5 Å². The Balaban J connectivity index is 1.66. The number of amides is 1. The monoisotopic (exact) mass is 393 g/mol. The van der Waals surface area contributed by atoms with Gasteiger partial charge in [0.2, 0.25) is 10.0 Å². The van der Waals surface area contributed by atoms with Gasteiger partial charge >= 0.3 is 0 Å². The molecule has 2 heterocycles. The highest BCUT2D eigenvalue weighted by molar-refractivity contribution is 7.89. The molecule has 0 saturated carbocycles. The van der Waals surface area contributed by atoms with Gasteiger partial charge in [-0.3, -0.25) is 4.79 Å². The second-order valence-electron chi connectivity index (χ2n) is 6.33. The van der Waals surface area contributed by atoms with Gasteiger partial charge in [-0.2, -0.15) is 0 Å². The lowest BCUT2D eigenvalue weighted by Gasteiger charge is -2.31. The molecular formula is C18H23N3O3S2. The van der Waals surface area contributed by atoms with Crippen LogP contribution in [0.15, 0.2) is 46.7 Å². The molecule has 26 heavy (non-hydrogen) atoms. The van der Waals surface area contributed by atoms with Crippen LogP contribution in [0.5, 0.6) is 0 Å². The lowest BCUT2D eigenvalue weighted by molar-refractivity contribution is 0.0703. The van der Waals surface area contributed by atoms with Crippen molar-refractivity contribution in [3.8, 4) is 0 Å². The van der Waals surface area contributed by atoms with Crippen molar-refractivity contribution in [3.05, 3.63) is 52.2 Å². The minimum absolute atomic E-state index is 0.0765. The SMILES string of the molecule is CN(C(=O)c1ccc(S(=O)(=O)NCc2cccs2)cc1)C1CCNCC1. The van der Waals surface area contributed by atoms with Crippen LogP contribution in [0.2, 0.25) is 0 Å². The number of hydrogen-bond donors (Lipinski definition) is 2. The van der Waals surface area contributed by atoms with Crippen molar-refractivity contribution in [1.29, 1.82) is 0 Å². The van der Waals surface area contributed by atoms with Gasteiger partial charge in [-0.05, 0) is 61.6 Å². The van der Waals surface area contributed by atoms with Gasteiger partial charge in [0.25, 0.3) is 5.91 Å². The van der Waals surface area contributed by atoms with Gasteiger partial charge in [0.1, 0.15) is 0 Å². The molecule has 0 radical (unpaired) electrons. The minimum atomic E-state index is -3.60. The van der Waals surface area contributed by atoms with Crippen molar-refractivity contribution < 1.29 is 13.2 Å². The molecule has 1 aliphatic heterocycles. The van der Waals surface area contributed by atoms with Crippen molar-refractivity contribution in [2.75, 3.05) is 20.1 Å². The summed E-state index contributed by atoms with van der Waals surface area (Å²) in [6.45, 7) is 2.09. The molecule has 1 aromatic heterocycles. The fourth-order valence-electron chi connectivity index (χ4n) is 3.00. The first-order valence-electron chi connectivity index (χ1n) is 8.57. The molecule has 8 heteroatoms. The van der Waals surface area contributed by atoms with Crippen LogP contribution in [-0.2, 0) is 16.6 Å². The number of benzene rings is 1. The van der Waals surface area contributed by atoms with E-state index < -0.39 is 10.0 Å². The van der Waals surface area contributed by atoms with Gasteiger partial charge in [-0.25, -0.2) is 13.1 Å². The van der Waals surface area contributed by atoms with Crippen LogP contribution < -0.4 is 10.0 Å². The van der Waals surface area contributed by atoms with Crippen LogP contribution in [0.1, 0.15) is 28.1 Å². The number of piperidine rings is 1. The average Bonchev–Trinajstić information content (AvgIpc) is 3.20. The molecule has 2 N–H and O–H groups in total. The summed E-state index contributed by atoms with van der Waals surface area (Å²) in [5.74, 6) is -0.0765. The summed E-state index contributed by atoms with van der Waals surface area (Å²) in [7, 11) is -1.78. The van der Waals surface area contributed by atoms with E-state index in [0.717, 1.165) is 30.8 Å². The molecule has 0 unspecified atom stereocenters. The zero-order valence-electron chi connectivity index (χ0n) is 14.6. The van der Waals surface area contributed by atoms with Gasteiger partial charge in [-0.15, -0.1) is 11.3 Å². The zero-order chi connectivity index (χ0) is 18.6. The van der Waals surface area contributed by atoms with Crippen molar-refractivity contribution in [2.45, 2.75) is 30.3 Å². The fourth-order valence-corrected chi connectivity index (χ4v) is 4.75. The minimum Gasteiger partial charge on any atom is -0.339 e. The zero-order valence-corrected chi connectivity index (χ0v) is 16.3. The molecule has 0 atom stereocenters. The Kier molecular flexibility index (Phi) is 6.08. The molecular weight excluding hydrogens is 370 g/mol. The molecule has 2 aromatic rings. The molecule has 0 aliphatic carbocycles. The number of rotatable bonds is 6. The van der Waals surface area contributed by atoms with E-state index in [0.29, 0.717) is 5.56 Å². The van der Waals surface area contributed by atoms with Crippen LogP contribution in [-0.4, -0.2) is 45.4 Å². The van der Waals surface area contributed by atoms with E-state index in [-0.39, 0.29) is 23.4 Å². The van der Waals surface area contributed by atoms with E-state index in [9.17, 15) is 13.2 Å². The number of carbonyl (C=O) groups is 1. The molecule has 1 aliphatic rings. The smallest absolute Gasteiger partial charge is 0.253 e. The molecule has 1 fully saturated rings. The van der Waals surface area contributed by atoms with E-state index in [1.165, 1.54) is 23.5 Å². The quantitative estimate of drug-likeness (QED) is 0.787. The van der Waals surface area contributed by atoms with Crippen molar-refractivity contribution in [1.82, 2.24) is 14.9 Å². The number of thiophene rings is 1. The Bertz CT molecular complexity index is 827. The number of nitrogens with zero attached hydrogens (tertiary/aromatic N) is 1. The summed E-state index contributed by atoms with van der Waals surface area (Å²) in [5.41, 5.74) is 0.503. The van der Waals surface area contributed by atoms with Crippen LogP contribution in [0.3, 0.4) is 0 Å². The second-order valence-corrected chi connectivity index (χ2v) is 9.12. The van der Waals surface area contributed by atoms with E-state index in [4.69, 9.17) is 0 Å². The Hall–Kier alpha value is -1.74. The van der Waals surface area contributed by atoms with Gasteiger partial charge in [0.05, 0.1) is 4.90 Å². The predicted octanol–water partition coefficient (Wildman–Crippen LogP) is 2.05. The Labute approximate surface area is 158 Å². The third-order valence-electron chi connectivity index (χ3n) is 4.60. The molecule has 0 spiro atoms. The van der Waals surface area contributed by atoms with Crippen molar-refractivity contribution in [3.63, 3.8) is 0 Å². The normalized spacial score (nSPS) is 15.7. The number of hydrogen-bond acceptors (Lipinski definition) is 5. The molecule has 1 aromatic carbocycles. The summed E-state index contributed by atoms with van der Waals surface area (Å²) in [6.07, 6.45) is 1.86. The molecule has 3 rings (SSSR count). The standard InChI is InChI=1S/C18H23N3O3S2/c1-21(15-8-10-19-11-9-15)18(22)14-4-6-17(7-5-14)26(23,24)20-13-16-3-2-12-25-16/h2-7,12,15,19-20H,8-11,13H2,1H3. The van der Waals surface area contributed by atoms with E-state index in [2.05, 4.69) is 10.0 Å². The predicted molar refractivity (Wildman–Crippen MR) is 103 cm³/mol. The van der Waals surface area contributed by atoms with Gasteiger partial charge < -0.3 is 10.2 Å². The summed E-state index contributed by atoms with van der Waals surface area (Å²) in [6, 6.07) is 10.1. The average molecular weight is 394 g/mol. The summed E-state index contributed by atoms with van der Waals surface area (Å²) >= 11 is 1.50. The maximum absolute atomic E-state index is 12.6. The fraction of sp³-hybridized carbons (Fsp3) is 0.389. The maximum Gasteiger partial charge on any atom is 0.253 e. The Morgan fingerprint density at radius 2 is 1.92 bits per heavy atom. The number of carbonyl (C=O) groups excluding carboxylic acids is 1. The lowest BCUT2D eigenvalue weighted by atomic mass is 10.0. The molecule has 1 saturated heterocycles. The highest BCUT2D eigenvalue weighted by Crippen LogP contribution is 2.17. The van der Waals surface area contributed by atoms with Gasteiger partial charge in [-0.1, -0.05) is 6.07 Å². The molecule has 6 nitrogen and oxygen atoms in total. The van der Waals surface area contributed by atoms with Gasteiger partial charge in [0, 0.05) is 30.1 Å².